The fourth-order valence-corrected chi connectivity index (χ4v) is 0. The van der Waals surface area contributed by atoms with Crippen molar-refractivity contribution in [2.45, 2.75) is 0 Å². The molecule has 0 saturated heterocycles. The van der Waals surface area contributed by atoms with Crippen molar-refractivity contribution >= 4 is 38.7 Å². The van der Waals surface area contributed by atoms with Gasteiger partial charge in [0, 0.05) is 48.6 Å². The largest absolute Gasteiger partial charge is 0.197 e. The average Bonchev–Trinajstić information content (AvgIpc) is 1.00. The van der Waals surface area contributed by atoms with Gasteiger partial charge in [0.25, 0.3) is 0 Å². The van der Waals surface area contributed by atoms with Gasteiger partial charge in [-0.05, 0) is 0 Å². The molecule has 0 fully saturated rings. The third kappa shape index (κ3) is 9.43. The van der Waals surface area contributed by atoms with E-state index in [1.807, 2.05) is 0 Å². The number of rotatable bonds is 0. The monoisotopic (exact) mass is 364 g/mol. The Morgan fingerprint density at radius 2 is 1.25 bits per heavy atom. The van der Waals surface area contributed by atoms with Gasteiger partial charge >= 0.3 is 0 Å². The van der Waals surface area contributed by atoms with E-state index in [0.717, 1.165) is 0 Å². The van der Waals surface area contributed by atoms with Crippen LogP contribution in [0.2, 0.25) is 0 Å². The van der Waals surface area contributed by atoms with Crippen molar-refractivity contribution in [3.8, 4) is 0 Å². The van der Waals surface area contributed by atoms with Crippen molar-refractivity contribution < 1.29 is 26.6 Å². The van der Waals surface area contributed by atoms with Gasteiger partial charge in [-0.15, -0.1) is 0 Å². The first-order valence-corrected chi connectivity index (χ1v) is 0.500. The topological polar surface area (TPSA) is 17.1 Å². The molecule has 0 rings (SSSR count). The molecule has 0 amide bonds. The van der Waals surface area contributed by atoms with E-state index < -0.39 is 0 Å². The fraction of sp³-hybridized carbons (Fsp3) is 0. The van der Waals surface area contributed by atoms with Crippen molar-refractivity contribution in [1.29, 1.82) is 0 Å². The van der Waals surface area contributed by atoms with Crippen LogP contribution in [0.3, 0.4) is 0 Å². The predicted molar refractivity (Wildman–Crippen MR) is 13.9 cm³/mol. The summed E-state index contributed by atoms with van der Waals surface area (Å²) < 4.78 is 7.83. The van der Waals surface area contributed by atoms with Crippen molar-refractivity contribution in [3.63, 3.8) is 0 Å². The Kier molecular flexibility index (Phi) is 99.4. The van der Waals surface area contributed by atoms with Gasteiger partial charge in [0.15, 0.2) is 12.5 Å². The van der Waals surface area contributed by atoms with Crippen LogP contribution in [0, 0.1) is 0 Å². The van der Waals surface area contributed by atoms with Crippen LogP contribution in [-0.4, -0.2) is 30.4 Å². The van der Waals surface area contributed by atoms with Crippen molar-refractivity contribution in [2.24, 2.45) is 0 Å². The first-order chi connectivity index (χ1) is 1.00. The summed E-state index contributed by atoms with van der Waals surface area (Å²) in [5, 5.41) is 0. The second kappa shape index (κ2) is 22.8. The zero-order valence-electron chi connectivity index (χ0n) is 1.57. The van der Waals surface area contributed by atoms with Crippen LogP contribution in [0.4, 0.5) is 0 Å². The summed E-state index contributed by atoms with van der Waals surface area (Å²) in [5.74, 6) is 0. The Bertz CT molecular complexity index is 8.00. The molecule has 0 N–H and O–H groups in total. The maximum atomic E-state index is 7.83. The molecule has 0 unspecified atom stereocenters. The first kappa shape index (κ1) is 17.4. The molecule has 0 bridgehead atoms. The molecule has 0 saturated carbocycles. The van der Waals surface area contributed by atoms with E-state index in [-0.39, 0.29) is 48.6 Å². The summed E-state index contributed by atoms with van der Waals surface area (Å²) >= 11 is 2.83. The molecular weight excluding hydrogens is 365 g/mol. The molecule has 0 heterocycles. The van der Waals surface area contributed by atoms with Crippen molar-refractivity contribution in [3.05, 3.63) is 0 Å². The molecule has 4 radical (unpaired) electrons. The molecule has 4 heavy (non-hydrogen) atoms. The SMILES string of the molecule is O=S.[Ag].[Bi]. The van der Waals surface area contributed by atoms with Crippen LogP contribution in [0.1, 0.15) is 0 Å². The molecule has 1 nitrogen and oxygen atoms in total. The maximum absolute atomic E-state index is 7.83. The molecule has 0 aliphatic heterocycles. The van der Waals surface area contributed by atoms with Crippen LogP contribution in [-0.2, 0) is 34.9 Å². The summed E-state index contributed by atoms with van der Waals surface area (Å²) in [4.78, 5) is 0. The van der Waals surface area contributed by atoms with Gasteiger partial charge in [-0.25, -0.2) is 0 Å². The van der Waals surface area contributed by atoms with E-state index in [1.165, 1.54) is 0 Å². The number of hydrogen-bond acceptors (Lipinski definition) is 2. The van der Waals surface area contributed by atoms with Crippen LogP contribution >= 0.6 is 0 Å². The van der Waals surface area contributed by atoms with Gasteiger partial charge < -0.3 is 0 Å². The van der Waals surface area contributed by atoms with Gasteiger partial charge in [-0.2, -0.15) is 4.21 Å². The van der Waals surface area contributed by atoms with Gasteiger partial charge in [0.1, 0.15) is 0 Å². The summed E-state index contributed by atoms with van der Waals surface area (Å²) in [5.41, 5.74) is 0. The first-order valence-electron chi connectivity index (χ1n) is 0.167. The van der Waals surface area contributed by atoms with Crippen molar-refractivity contribution in [2.75, 3.05) is 0 Å². The van der Waals surface area contributed by atoms with Crippen LogP contribution < -0.4 is 0 Å². The van der Waals surface area contributed by atoms with Crippen molar-refractivity contribution in [1.82, 2.24) is 0 Å². The summed E-state index contributed by atoms with van der Waals surface area (Å²) in [6, 6.07) is 0. The molecule has 0 spiro atoms. The van der Waals surface area contributed by atoms with Gasteiger partial charge in [0.2, 0.25) is 0 Å². The van der Waals surface area contributed by atoms with Crippen LogP contribution in [0.25, 0.3) is 0 Å². The number of hydrogen-bond donors (Lipinski definition) is 0. The average molecular weight is 365 g/mol. The van der Waals surface area contributed by atoms with E-state index in [0.29, 0.717) is 0 Å². The molecule has 0 aromatic rings. The molecule has 28 valence electrons. The molecule has 0 aromatic carbocycles. The molecule has 0 atom stereocenters. The summed E-state index contributed by atoms with van der Waals surface area (Å²) in [7, 11) is 0. The molecule has 0 aromatic heterocycles. The fourth-order valence-electron chi connectivity index (χ4n) is 0. The minimum Gasteiger partial charge on any atom is -0.197 e. The minimum absolute atomic E-state index is 0. The standard InChI is InChI=1S/Ag.Bi.OS/c;;1-2. The van der Waals surface area contributed by atoms with Crippen LogP contribution in [0.15, 0.2) is 0 Å². The zero-order valence-corrected chi connectivity index (χ0v) is 7.34. The molecule has 0 aliphatic carbocycles. The normalized spacial score (nSPS) is 1.00. The molecule has 4 heteroatoms. The Morgan fingerprint density at radius 1 is 1.25 bits per heavy atom. The quantitative estimate of drug-likeness (QED) is 0.528. The van der Waals surface area contributed by atoms with E-state index >= 15 is 0 Å². The Balaban J connectivity index is -0.00000000500. The zero-order chi connectivity index (χ0) is 2.00. The van der Waals surface area contributed by atoms with E-state index in [4.69, 9.17) is 4.21 Å². The summed E-state index contributed by atoms with van der Waals surface area (Å²) in [6.45, 7) is 0. The molecule has 0 aliphatic rings. The Morgan fingerprint density at radius 3 is 1.25 bits per heavy atom. The smallest absolute Gasteiger partial charge is 0.197 e. The second-order valence-electron chi connectivity index (χ2n) is 0. The van der Waals surface area contributed by atoms with Crippen LogP contribution in [0.5, 0.6) is 0 Å². The Hall–Kier alpha value is 1.64. The third-order valence-electron chi connectivity index (χ3n) is 0. The Labute approximate surface area is 64.7 Å². The third-order valence-corrected chi connectivity index (χ3v) is 0. The second-order valence-corrected chi connectivity index (χ2v) is 0. The van der Waals surface area contributed by atoms with Gasteiger partial charge in [0.05, 0.1) is 0 Å². The van der Waals surface area contributed by atoms with E-state index in [1.54, 1.807) is 0 Å². The molecular formula is AgBiOS. The summed E-state index contributed by atoms with van der Waals surface area (Å²) in [6.07, 6.45) is 0. The van der Waals surface area contributed by atoms with E-state index in [9.17, 15) is 0 Å². The predicted octanol–water partition coefficient (Wildman–Crippen LogP) is -0.720. The maximum Gasteiger partial charge on any atom is 0.197 e. The minimum atomic E-state index is 0. The van der Waals surface area contributed by atoms with Gasteiger partial charge in [-0.3, -0.25) is 0 Å². The van der Waals surface area contributed by atoms with E-state index in [2.05, 4.69) is 12.5 Å². The van der Waals surface area contributed by atoms with Gasteiger partial charge in [-0.1, -0.05) is 0 Å².